The minimum atomic E-state index is -3.66. The molecule has 0 radical (unpaired) electrons. The lowest BCUT2D eigenvalue weighted by Crippen LogP contribution is -2.31. The van der Waals surface area contributed by atoms with Gasteiger partial charge >= 0.3 is 11.9 Å². The van der Waals surface area contributed by atoms with Crippen LogP contribution in [0.2, 0.25) is 0 Å². The minimum Gasteiger partial charge on any atom is -0.478 e. The lowest BCUT2D eigenvalue weighted by molar-refractivity contribution is -0.136. The van der Waals surface area contributed by atoms with Crippen LogP contribution in [-0.2, 0) is 46.8 Å². The zero-order valence-electron chi connectivity index (χ0n) is 34.5. The summed E-state index contributed by atoms with van der Waals surface area (Å²) >= 11 is 0. The van der Waals surface area contributed by atoms with Crippen molar-refractivity contribution in [3.8, 4) is 0 Å². The number of esters is 1. The fourth-order valence-corrected chi connectivity index (χ4v) is 11.5. The Hall–Kier alpha value is -5.72. The maximum atomic E-state index is 13.4. The molecule has 0 fully saturated rings. The second kappa shape index (κ2) is 18.9. The topological polar surface area (TPSA) is 156 Å². The van der Waals surface area contributed by atoms with E-state index in [9.17, 15) is 31.5 Å². The highest BCUT2D eigenvalue weighted by atomic mass is 32.2. The molecule has 0 amide bonds. The molecule has 4 aliphatic heterocycles. The van der Waals surface area contributed by atoms with Crippen molar-refractivity contribution in [2.24, 2.45) is 0 Å². The molecule has 4 heterocycles. The first-order valence-electron chi connectivity index (χ1n) is 19.8. The third-order valence-corrected chi connectivity index (χ3v) is 14.2. The maximum Gasteiger partial charge on any atom is 0.336 e. The van der Waals surface area contributed by atoms with Gasteiger partial charge in [0, 0.05) is 22.5 Å². The van der Waals surface area contributed by atoms with E-state index in [0.717, 1.165) is 27.8 Å². The zero-order chi connectivity index (χ0) is 43.1. The molecular formula is C47H52N2O8S2. The van der Waals surface area contributed by atoms with Gasteiger partial charge in [-0.2, -0.15) is 0 Å². The summed E-state index contributed by atoms with van der Waals surface area (Å²) in [5.74, 6) is -3.23. The van der Waals surface area contributed by atoms with Gasteiger partial charge in [0.15, 0.2) is 19.7 Å². The van der Waals surface area contributed by atoms with Gasteiger partial charge in [0.05, 0.1) is 62.8 Å². The SMILES string of the molecule is CC.CC.CC1=C(C(=O)O)C(c2ccccc2)C2=C(N1)c1ccccc1CCS2(=O)=O.COC(=O)C1=C(C)NC2=C(C1c1ccccc1)S(=O)(=O)CCc1ccccc12. The molecule has 12 heteroatoms. The van der Waals surface area contributed by atoms with Crippen LogP contribution in [-0.4, -0.2) is 52.5 Å². The molecule has 3 N–H and O–H groups in total. The average molecular weight is 837 g/mol. The van der Waals surface area contributed by atoms with Crippen molar-refractivity contribution in [3.63, 3.8) is 0 Å². The first-order valence-corrected chi connectivity index (χ1v) is 23.1. The lowest BCUT2D eigenvalue weighted by atomic mass is 9.84. The van der Waals surface area contributed by atoms with Gasteiger partial charge in [0.25, 0.3) is 0 Å². The maximum absolute atomic E-state index is 13.4. The number of sulfone groups is 2. The lowest BCUT2D eigenvalue weighted by Gasteiger charge is -2.31. The van der Waals surface area contributed by atoms with Gasteiger partial charge in [-0.3, -0.25) is 0 Å². The summed E-state index contributed by atoms with van der Waals surface area (Å²) in [4.78, 5) is 25.1. The minimum absolute atomic E-state index is 0.00135. The van der Waals surface area contributed by atoms with E-state index >= 15 is 0 Å². The smallest absolute Gasteiger partial charge is 0.336 e. The molecule has 2 unspecified atom stereocenters. The average Bonchev–Trinajstić information content (AvgIpc) is 3.44. The molecule has 0 bridgehead atoms. The molecular weight excluding hydrogens is 785 g/mol. The molecule has 0 aliphatic carbocycles. The van der Waals surface area contributed by atoms with Crippen molar-refractivity contribution in [3.05, 3.63) is 175 Å². The van der Waals surface area contributed by atoms with Crippen molar-refractivity contribution in [1.29, 1.82) is 0 Å². The summed E-state index contributed by atoms with van der Waals surface area (Å²) < 4.78 is 58.3. The molecule has 4 aromatic carbocycles. The predicted octanol–water partition coefficient (Wildman–Crippen LogP) is 8.28. The monoisotopic (exact) mass is 836 g/mol. The third-order valence-electron chi connectivity index (χ3n) is 10.5. The highest BCUT2D eigenvalue weighted by Crippen LogP contribution is 2.47. The highest BCUT2D eigenvalue weighted by molar-refractivity contribution is 7.95. The summed E-state index contributed by atoms with van der Waals surface area (Å²) in [5, 5.41) is 16.2. The van der Waals surface area contributed by atoms with Crippen LogP contribution in [0.4, 0.5) is 0 Å². The number of aliphatic carboxylic acids is 1. The summed E-state index contributed by atoms with van der Waals surface area (Å²) in [6, 6.07) is 33.5. The number of fused-ring (bicyclic) bond motifs is 4. The zero-order valence-corrected chi connectivity index (χ0v) is 36.1. The van der Waals surface area contributed by atoms with E-state index in [1.807, 2.05) is 113 Å². The predicted molar refractivity (Wildman–Crippen MR) is 234 cm³/mol. The molecule has 310 valence electrons. The van der Waals surface area contributed by atoms with E-state index in [0.29, 0.717) is 46.8 Å². The Morgan fingerprint density at radius 2 is 0.932 bits per heavy atom. The number of hydrogen-bond acceptors (Lipinski definition) is 9. The van der Waals surface area contributed by atoms with E-state index < -0.39 is 43.4 Å². The van der Waals surface area contributed by atoms with E-state index in [1.54, 1.807) is 38.1 Å². The van der Waals surface area contributed by atoms with Gasteiger partial charge in [-0.15, -0.1) is 0 Å². The molecule has 0 aromatic heterocycles. The largest absolute Gasteiger partial charge is 0.478 e. The van der Waals surface area contributed by atoms with Crippen molar-refractivity contribution >= 4 is 43.0 Å². The van der Waals surface area contributed by atoms with E-state index in [-0.39, 0.29) is 26.9 Å². The molecule has 4 aliphatic rings. The van der Waals surface area contributed by atoms with Crippen LogP contribution in [0.25, 0.3) is 11.4 Å². The number of nitrogens with one attached hydrogen (secondary N) is 2. The summed E-state index contributed by atoms with van der Waals surface area (Å²) in [5.41, 5.74) is 7.53. The first-order chi connectivity index (χ1) is 28.3. The van der Waals surface area contributed by atoms with E-state index in [1.165, 1.54) is 7.11 Å². The Labute approximate surface area is 348 Å². The Morgan fingerprint density at radius 3 is 1.32 bits per heavy atom. The molecule has 8 rings (SSSR count). The van der Waals surface area contributed by atoms with Crippen LogP contribution < -0.4 is 10.6 Å². The number of carbonyl (C=O) groups is 2. The van der Waals surface area contributed by atoms with Gasteiger partial charge in [-0.1, -0.05) is 137 Å². The van der Waals surface area contributed by atoms with Gasteiger partial charge in [-0.25, -0.2) is 26.4 Å². The van der Waals surface area contributed by atoms with Gasteiger partial charge in [0.2, 0.25) is 0 Å². The van der Waals surface area contributed by atoms with Gasteiger partial charge in [-0.05, 0) is 48.9 Å². The third kappa shape index (κ3) is 8.84. The second-order valence-electron chi connectivity index (χ2n) is 13.7. The Kier molecular flexibility index (Phi) is 14.2. The molecule has 0 saturated heterocycles. The van der Waals surface area contributed by atoms with E-state index in [4.69, 9.17) is 4.74 Å². The highest BCUT2D eigenvalue weighted by Gasteiger charge is 2.44. The Balaban J connectivity index is 0.000000207. The Morgan fingerprint density at radius 1 is 0.576 bits per heavy atom. The van der Waals surface area contributed by atoms with Gasteiger partial charge < -0.3 is 20.5 Å². The Bertz CT molecular complexity index is 2570. The molecule has 0 spiro atoms. The number of aryl methyl sites for hydroxylation is 2. The van der Waals surface area contributed by atoms with Crippen LogP contribution in [0.15, 0.2) is 142 Å². The van der Waals surface area contributed by atoms with Crippen LogP contribution in [0.5, 0.6) is 0 Å². The fourth-order valence-electron chi connectivity index (χ4n) is 7.95. The summed E-state index contributed by atoms with van der Waals surface area (Å²) in [7, 11) is -5.95. The first kappa shape index (κ1) is 44.4. The number of carboxylic acids is 1. The second-order valence-corrected chi connectivity index (χ2v) is 17.9. The number of benzene rings is 4. The number of dihydropyridines is 2. The van der Waals surface area contributed by atoms with Gasteiger partial charge in [0.1, 0.15) is 0 Å². The normalized spacial score (nSPS) is 19.6. The number of methoxy groups -OCH3 is 1. The number of carboxylic acid groups (broad SMARTS) is 1. The van der Waals surface area contributed by atoms with Crippen molar-refractivity contribution in [1.82, 2.24) is 10.6 Å². The van der Waals surface area contributed by atoms with E-state index in [2.05, 4.69) is 10.6 Å². The summed E-state index contributed by atoms with van der Waals surface area (Å²) in [6.07, 6.45) is 0.831. The molecule has 59 heavy (non-hydrogen) atoms. The van der Waals surface area contributed by atoms with Crippen LogP contribution >= 0.6 is 0 Å². The number of allylic oxidation sites excluding steroid dienone is 4. The standard InChI is InChI=1S/C22H21NO4S.C21H19NO4S.2C2H6/c1-14-18(22(24)27-2)19(16-9-4-3-5-10-16)21-20(23-14)17-11-7-6-8-15(17)12-13-28(21,25)26;1-13-17(21(23)24)18(15-8-3-2-4-9-15)20-19(22-13)16-10-6-5-7-14(16)11-12-27(20,25)26;2*1-2/h3-11,19,23H,12-13H2,1-2H3;2-10,18,22H,11-12H2,1H3,(H,23,24);2*1-2H3. The fraction of sp³-hybridized carbons (Fsp3) is 0.277. The van der Waals surface area contributed by atoms with Crippen LogP contribution in [0, 0.1) is 0 Å². The number of hydrogen-bond donors (Lipinski definition) is 3. The summed E-state index contributed by atoms with van der Waals surface area (Å²) in [6.45, 7) is 11.5. The molecule has 4 aromatic rings. The number of carbonyl (C=O) groups excluding carboxylic acids is 1. The van der Waals surface area contributed by atoms with Crippen molar-refractivity contribution < 1.29 is 36.3 Å². The number of ether oxygens (including phenoxy) is 1. The molecule has 2 atom stereocenters. The van der Waals surface area contributed by atoms with Crippen molar-refractivity contribution in [2.45, 2.75) is 66.2 Å². The number of rotatable bonds is 4. The van der Waals surface area contributed by atoms with Crippen molar-refractivity contribution in [2.75, 3.05) is 18.6 Å². The quantitative estimate of drug-likeness (QED) is 0.171. The van der Waals surface area contributed by atoms with Crippen LogP contribution in [0.1, 0.15) is 86.8 Å². The molecule has 0 saturated carbocycles. The van der Waals surface area contributed by atoms with Crippen LogP contribution in [0.3, 0.4) is 0 Å². The molecule has 10 nitrogen and oxygen atoms in total.